The topological polar surface area (TPSA) is 88.6 Å². The highest BCUT2D eigenvalue weighted by atomic mass is 35.5. The lowest BCUT2D eigenvalue weighted by Crippen LogP contribution is -2.55. The van der Waals surface area contributed by atoms with Gasteiger partial charge in [-0.1, -0.05) is 23.2 Å². The summed E-state index contributed by atoms with van der Waals surface area (Å²) in [6.45, 7) is 3.43. The number of hydrogen-bond donors (Lipinski definition) is 1. The number of amides is 1. The number of pyridine rings is 1. The molecule has 4 rings (SSSR count). The van der Waals surface area contributed by atoms with Crippen molar-refractivity contribution < 1.29 is 17.9 Å². The Balaban J connectivity index is 1.41. The second-order valence-electron chi connectivity index (χ2n) is 9.25. The first-order chi connectivity index (χ1) is 15.4. The Hall–Kier alpha value is -2.03. The Morgan fingerprint density at radius 2 is 1.82 bits per heavy atom. The fourth-order valence-electron chi connectivity index (χ4n) is 4.70. The lowest BCUT2D eigenvalue weighted by molar-refractivity contribution is -0.135. The smallest absolute Gasteiger partial charge is 0.263 e. The van der Waals surface area contributed by atoms with E-state index in [1.807, 2.05) is 6.07 Å². The van der Waals surface area contributed by atoms with Crippen LogP contribution < -0.4 is 15.0 Å². The number of piperidine rings is 1. The molecule has 3 heterocycles. The lowest BCUT2D eigenvalue weighted by atomic mass is 9.95. The minimum Gasteiger partial charge on any atom is -0.476 e. The van der Waals surface area contributed by atoms with E-state index in [0.29, 0.717) is 15.8 Å². The van der Waals surface area contributed by atoms with Gasteiger partial charge in [0.05, 0.1) is 16.9 Å². The largest absolute Gasteiger partial charge is 0.476 e. The van der Waals surface area contributed by atoms with Gasteiger partial charge in [0.1, 0.15) is 5.75 Å². The van der Waals surface area contributed by atoms with Crippen molar-refractivity contribution in [2.24, 2.45) is 0 Å². The molecule has 2 bridgehead atoms. The van der Waals surface area contributed by atoms with E-state index in [0.717, 1.165) is 37.6 Å². The molecule has 2 aliphatic rings. The van der Waals surface area contributed by atoms with Crippen LogP contribution in [0.1, 0.15) is 39.5 Å². The summed E-state index contributed by atoms with van der Waals surface area (Å²) in [6.07, 6.45) is 6.42. The Labute approximate surface area is 204 Å². The van der Waals surface area contributed by atoms with Crippen LogP contribution in [-0.2, 0) is 14.6 Å². The molecule has 2 fully saturated rings. The Bertz CT molecular complexity index is 1140. The molecule has 1 N–H and O–H groups in total. The van der Waals surface area contributed by atoms with E-state index >= 15 is 0 Å². The van der Waals surface area contributed by atoms with E-state index in [4.69, 9.17) is 27.9 Å². The number of aromatic nitrogens is 1. The van der Waals surface area contributed by atoms with Gasteiger partial charge in [-0.05, 0) is 69.9 Å². The molecule has 1 aromatic heterocycles. The third-order valence-corrected chi connectivity index (χ3v) is 7.80. The Morgan fingerprint density at radius 1 is 1.15 bits per heavy atom. The number of anilines is 1. The summed E-state index contributed by atoms with van der Waals surface area (Å²) in [7, 11) is -3.33. The quantitative estimate of drug-likeness (QED) is 0.622. The van der Waals surface area contributed by atoms with Crippen LogP contribution in [0.5, 0.6) is 5.75 Å². The highest BCUT2D eigenvalue weighted by Crippen LogP contribution is 2.39. The molecule has 178 valence electrons. The van der Waals surface area contributed by atoms with E-state index in [-0.39, 0.29) is 29.1 Å². The van der Waals surface area contributed by atoms with Gasteiger partial charge in [0, 0.05) is 29.4 Å². The number of sulfone groups is 1. The number of halogens is 2. The summed E-state index contributed by atoms with van der Waals surface area (Å²) in [6, 6.07) is 8.82. The molecule has 1 amide bonds. The van der Waals surface area contributed by atoms with Crippen molar-refractivity contribution in [3.05, 3.63) is 46.6 Å². The molecule has 0 saturated carbocycles. The van der Waals surface area contributed by atoms with Crippen LogP contribution in [-0.4, -0.2) is 49.3 Å². The highest BCUT2D eigenvalue weighted by molar-refractivity contribution is 7.90. The number of carbonyl (C=O) groups is 1. The van der Waals surface area contributed by atoms with Gasteiger partial charge in [-0.2, -0.15) is 0 Å². The number of carbonyl (C=O) groups excluding carboxylic acids is 1. The molecule has 7 nitrogen and oxygen atoms in total. The standard InChI is InChI=1S/C23H27Cl2N3O4S/c1-23(2,32-20-8-4-14(24)10-19(20)25)22(29)27-15-11-16-5-6-17(12-15)28(16)18-7-9-21(26-13-18)33(3,30)31/h4,7-10,13,15-17H,5-6,11-12H2,1-3H3,(H,27,29). The van der Waals surface area contributed by atoms with E-state index in [1.54, 1.807) is 44.3 Å². The predicted octanol–water partition coefficient (Wildman–Crippen LogP) is 4.27. The van der Waals surface area contributed by atoms with Crippen molar-refractivity contribution in [1.82, 2.24) is 10.3 Å². The molecule has 0 radical (unpaired) electrons. The van der Waals surface area contributed by atoms with Crippen molar-refractivity contribution in [3.8, 4) is 5.75 Å². The Morgan fingerprint density at radius 3 is 2.36 bits per heavy atom. The molecule has 2 aliphatic heterocycles. The first kappa shape index (κ1) is 24.1. The molecule has 2 aromatic rings. The Kier molecular flexibility index (Phi) is 6.55. The van der Waals surface area contributed by atoms with Crippen molar-refractivity contribution in [3.63, 3.8) is 0 Å². The van der Waals surface area contributed by atoms with Gasteiger partial charge in [0.25, 0.3) is 5.91 Å². The molecule has 2 atom stereocenters. The van der Waals surface area contributed by atoms with Crippen molar-refractivity contribution in [2.75, 3.05) is 11.2 Å². The fourth-order valence-corrected chi connectivity index (χ4v) is 5.71. The summed E-state index contributed by atoms with van der Waals surface area (Å²) < 4.78 is 29.3. The average Bonchev–Trinajstić information content (AvgIpc) is 3.00. The molecular weight excluding hydrogens is 485 g/mol. The lowest BCUT2D eigenvalue weighted by Gasteiger charge is -2.41. The van der Waals surface area contributed by atoms with Gasteiger partial charge in [-0.25, -0.2) is 13.4 Å². The molecule has 33 heavy (non-hydrogen) atoms. The summed E-state index contributed by atoms with van der Waals surface area (Å²) in [5.41, 5.74) is -0.195. The predicted molar refractivity (Wildman–Crippen MR) is 129 cm³/mol. The minimum absolute atomic E-state index is 0.0260. The van der Waals surface area contributed by atoms with E-state index in [1.165, 1.54) is 0 Å². The van der Waals surface area contributed by atoms with Crippen LogP contribution in [0.4, 0.5) is 5.69 Å². The first-order valence-corrected chi connectivity index (χ1v) is 13.5. The fraction of sp³-hybridized carbons (Fsp3) is 0.478. The van der Waals surface area contributed by atoms with Gasteiger partial charge in [0.2, 0.25) is 0 Å². The van der Waals surface area contributed by atoms with Crippen LogP contribution in [0.3, 0.4) is 0 Å². The van der Waals surface area contributed by atoms with Crippen molar-refractivity contribution in [1.29, 1.82) is 0 Å². The number of benzene rings is 1. The maximum absolute atomic E-state index is 13.0. The normalized spacial score (nSPS) is 22.8. The van der Waals surface area contributed by atoms with Gasteiger partial charge >= 0.3 is 0 Å². The number of hydrogen-bond acceptors (Lipinski definition) is 6. The van der Waals surface area contributed by atoms with E-state index in [2.05, 4.69) is 15.2 Å². The molecule has 2 unspecified atom stereocenters. The zero-order chi connectivity index (χ0) is 24.0. The molecule has 2 saturated heterocycles. The third-order valence-electron chi connectivity index (χ3n) is 6.27. The van der Waals surface area contributed by atoms with Crippen LogP contribution in [0.2, 0.25) is 10.0 Å². The molecule has 0 spiro atoms. The third kappa shape index (κ3) is 5.23. The van der Waals surface area contributed by atoms with Gasteiger partial charge in [-0.15, -0.1) is 0 Å². The number of nitrogens with one attached hydrogen (secondary N) is 1. The number of rotatable bonds is 6. The van der Waals surface area contributed by atoms with Gasteiger partial charge in [0.15, 0.2) is 20.5 Å². The maximum Gasteiger partial charge on any atom is 0.263 e. The van der Waals surface area contributed by atoms with Crippen LogP contribution in [0.15, 0.2) is 41.6 Å². The zero-order valence-electron chi connectivity index (χ0n) is 18.7. The van der Waals surface area contributed by atoms with Crippen LogP contribution in [0, 0.1) is 0 Å². The number of ether oxygens (including phenoxy) is 1. The van der Waals surface area contributed by atoms with Gasteiger partial charge < -0.3 is 15.0 Å². The zero-order valence-corrected chi connectivity index (χ0v) is 21.0. The second kappa shape index (κ2) is 8.96. The maximum atomic E-state index is 13.0. The van der Waals surface area contributed by atoms with Crippen molar-refractivity contribution in [2.45, 2.75) is 68.3 Å². The summed E-state index contributed by atoms with van der Waals surface area (Å²) in [5, 5.41) is 4.08. The molecule has 0 aliphatic carbocycles. The second-order valence-corrected chi connectivity index (χ2v) is 12.1. The highest BCUT2D eigenvalue weighted by Gasteiger charge is 2.43. The monoisotopic (exact) mass is 511 g/mol. The van der Waals surface area contributed by atoms with Crippen LogP contribution in [0.25, 0.3) is 0 Å². The van der Waals surface area contributed by atoms with Crippen molar-refractivity contribution >= 4 is 44.6 Å². The number of nitrogens with zero attached hydrogens (tertiary/aromatic N) is 2. The van der Waals surface area contributed by atoms with E-state index in [9.17, 15) is 13.2 Å². The minimum atomic E-state index is -3.33. The first-order valence-electron chi connectivity index (χ1n) is 10.8. The average molecular weight is 512 g/mol. The molecule has 1 aromatic carbocycles. The SMILES string of the molecule is CC(C)(Oc1ccc(Cl)cc1Cl)C(=O)NC1CC2CCC(C1)N2c1ccc(S(C)(=O)=O)nc1. The van der Waals surface area contributed by atoms with Gasteiger partial charge in [-0.3, -0.25) is 4.79 Å². The summed E-state index contributed by atoms with van der Waals surface area (Å²) >= 11 is 12.1. The van der Waals surface area contributed by atoms with Crippen LogP contribution >= 0.6 is 23.2 Å². The molecular formula is C23H27Cl2N3O4S. The summed E-state index contributed by atoms with van der Waals surface area (Å²) in [5.74, 6) is 0.201. The summed E-state index contributed by atoms with van der Waals surface area (Å²) in [4.78, 5) is 19.5. The molecule has 10 heteroatoms. The number of fused-ring (bicyclic) bond motifs is 2. The van der Waals surface area contributed by atoms with E-state index < -0.39 is 15.4 Å².